The van der Waals surface area contributed by atoms with Gasteiger partial charge >= 0.3 is 0 Å². The van der Waals surface area contributed by atoms with Gasteiger partial charge in [0.05, 0.1) is 5.02 Å². The first-order valence-corrected chi connectivity index (χ1v) is 8.90. The van der Waals surface area contributed by atoms with Crippen LogP contribution < -0.4 is 4.72 Å². The number of nitrogens with zero attached hydrogens (tertiary/aromatic N) is 1. The van der Waals surface area contributed by atoms with Crippen LogP contribution in [0.1, 0.15) is 25.8 Å². The molecule has 1 amide bonds. The van der Waals surface area contributed by atoms with E-state index in [1.165, 1.54) is 11.0 Å². The van der Waals surface area contributed by atoms with Crippen LogP contribution in [-0.2, 0) is 14.8 Å². The number of likely N-dealkylation sites (N-methyl/N-ethyl adjacent to an activating group) is 1. The third-order valence-corrected chi connectivity index (χ3v) is 5.07. The highest BCUT2D eigenvalue weighted by atomic mass is 35.5. The van der Waals surface area contributed by atoms with Crippen molar-refractivity contribution in [3.05, 3.63) is 28.8 Å². The zero-order chi connectivity index (χ0) is 17.1. The summed E-state index contributed by atoms with van der Waals surface area (Å²) in [4.78, 5) is 13.6. The van der Waals surface area contributed by atoms with Crippen LogP contribution in [0.2, 0.25) is 5.02 Å². The Bertz CT molecular complexity index is 642. The average molecular weight is 347 g/mol. The molecule has 0 aliphatic carbocycles. The molecule has 1 aromatic rings. The lowest BCUT2D eigenvalue weighted by Gasteiger charge is -2.23. The van der Waals surface area contributed by atoms with Crippen LogP contribution in [-0.4, -0.2) is 39.4 Å². The molecule has 0 aliphatic rings. The summed E-state index contributed by atoms with van der Waals surface area (Å²) in [5.41, 5.74) is 0.868. The zero-order valence-electron chi connectivity index (χ0n) is 13.6. The van der Waals surface area contributed by atoms with E-state index in [4.69, 9.17) is 11.6 Å². The van der Waals surface area contributed by atoms with E-state index in [0.717, 1.165) is 5.56 Å². The van der Waals surface area contributed by atoms with Gasteiger partial charge in [-0.2, -0.15) is 4.72 Å². The number of carbonyl (C=O) groups excluding carboxylic acids is 1. The van der Waals surface area contributed by atoms with Gasteiger partial charge in [0, 0.05) is 14.1 Å². The summed E-state index contributed by atoms with van der Waals surface area (Å²) < 4.78 is 27.5. The molecule has 0 heterocycles. The van der Waals surface area contributed by atoms with Gasteiger partial charge in [-0.3, -0.25) is 4.79 Å². The Kier molecular flexibility index (Phi) is 6.40. The molecule has 22 heavy (non-hydrogen) atoms. The van der Waals surface area contributed by atoms with Gasteiger partial charge in [-0.05, 0) is 37.0 Å². The van der Waals surface area contributed by atoms with Crippen molar-refractivity contribution < 1.29 is 13.2 Å². The van der Waals surface area contributed by atoms with Crippen molar-refractivity contribution in [1.82, 2.24) is 9.62 Å². The molecule has 0 saturated heterocycles. The van der Waals surface area contributed by atoms with Crippen LogP contribution in [0.3, 0.4) is 0 Å². The number of amides is 1. The number of aryl methyl sites for hydroxylation is 1. The summed E-state index contributed by atoms with van der Waals surface area (Å²) >= 11 is 6.03. The van der Waals surface area contributed by atoms with Crippen molar-refractivity contribution in [3.8, 4) is 0 Å². The van der Waals surface area contributed by atoms with E-state index in [0.29, 0.717) is 6.42 Å². The summed E-state index contributed by atoms with van der Waals surface area (Å²) in [5.74, 6) is -0.106. The van der Waals surface area contributed by atoms with Gasteiger partial charge in [-0.15, -0.1) is 0 Å². The summed E-state index contributed by atoms with van der Waals surface area (Å²) in [7, 11) is -0.661. The second-order valence-corrected chi connectivity index (χ2v) is 8.06. The van der Waals surface area contributed by atoms with Gasteiger partial charge in [-0.1, -0.05) is 31.5 Å². The molecule has 0 unspecified atom stereocenters. The number of hydrogen-bond donors (Lipinski definition) is 1. The second kappa shape index (κ2) is 7.44. The molecule has 7 heteroatoms. The number of rotatable bonds is 6. The average Bonchev–Trinajstić information content (AvgIpc) is 2.35. The summed E-state index contributed by atoms with van der Waals surface area (Å²) in [6.07, 6.45) is 0.416. The minimum atomic E-state index is -3.86. The van der Waals surface area contributed by atoms with Gasteiger partial charge in [0.2, 0.25) is 15.9 Å². The molecule has 0 saturated carbocycles. The van der Waals surface area contributed by atoms with Crippen molar-refractivity contribution in [2.75, 3.05) is 14.1 Å². The smallest absolute Gasteiger partial charge is 0.242 e. The lowest BCUT2D eigenvalue weighted by molar-refractivity contribution is -0.130. The standard InChI is InChI=1S/C15H23ClN2O3S/c1-10(2)8-13(15(19)18(4)5)17-22(20,21)14-7-6-11(3)9-12(14)16/h6-7,9-10,13,17H,8H2,1-5H3/t13-/m1/s1. The van der Waals surface area contributed by atoms with Crippen molar-refractivity contribution >= 4 is 27.5 Å². The first-order valence-electron chi connectivity index (χ1n) is 7.04. The predicted octanol–water partition coefficient (Wildman–Crippen LogP) is 2.43. The van der Waals surface area contributed by atoms with Crippen LogP contribution in [0.25, 0.3) is 0 Å². The minimum absolute atomic E-state index is 0.0138. The van der Waals surface area contributed by atoms with Crippen molar-refractivity contribution in [2.45, 2.75) is 38.1 Å². The first kappa shape index (κ1) is 18.9. The SMILES string of the molecule is Cc1ccc(S(=O)(=O)N[C@H](CC(C)C)C(=O)N(C)C)c(Cl)c1. The molecular weight excluding hydrogens is 324 g/mol. The maximum absolute atomic E-state index is 12.5. The van der Waals surface area contributed by atoms with Crippen LogP contribution >= 0.6 is 11.6 Å². The van der Waals surface area contributed by atoms with E-state index < -0.39 is 16.1 Å². The monoisotopic (exact) mass is 346 g/mol. The Hall–Kier alpha value is -1.11. The zero-order valence-corrected chi connectivity index (χ0v) is 15.1. The number of carbonyl (C=O) groups is 1. The van der Waals surface area contributed by atoms with Crippen molar-refractivity contribution in [1.29, 1.82) is 0 Å². The fourth-order valence-electron chi connectivity index (χ4n) is 2.06. The van der Waals surface area contributed by atoms with Crippen molar-refractivity contribution in [3.63, 3.8) is 0 Å². The highest BCUT2D eigenvalue weighted by molar-refractivity contribution is 7.89. The Labute approximate surface area is 137 Å². The molecule has 1 atom stereocenters. The molecule has 1 aromatic carbocycles. The molecule has 124 valence electrons. The van der Waals surface area contributed by atoms with Crippen molar-refractivity contribution in [2.24, 2.45) is 5.92 Å². The maximum Gasteiger partial charge on any atom is 0.242 e. The number of halogens is 1. The first-order chi connectivity index (χ1) is 10.0. The van der Waals surface area contributed by atoms with Gasteiger partial charge in [0.25, 0.3) is 0 Å². The van der Waals surface area contributed by atoms with Crippen LogP contribution in [0.4, 0.5) is 0 Å². The van der Waals surface area contributed by atoms with Gasteiger partial charge in [0.15, 0.2) is 0 Å². The molecule has 0 fully saturated rings. The third kappa shape index (κ3) is 4.97. The highest BCUT2D eigenvalue weighted by Gasteiger charge is 2.28. The Morgan fingerprint density at radius 1 is 1.32 bits per heavy atom. The molecule has 1 rings (SSSR count). The molecule has 0 aromatic heterocycles. The van der Waals surface area contributed by atoms with Gasteiger partial charge in [0.1, 0.15) is 10.9 Å². The van der Waals surface area contributed by atoms with Crippen LogP contribution in [0.5, 0.6) is 0 Å². The maximum atomic E-state index is 12.5. The third-order valence-electron chi connectivity index (χ3n) is 3.12. The molecule has 5 nitrogen and oxygen atoms in total. The highest BCUT2D eigenvalue weighted by Crippen LogP contribution is 2.23. The quantitative estimate of drug-likeness (QED) is 0.860. The van der Waals surface area contributed by atoms with E-state index in [-0.39, 0.29) is 21.7 Å². The predicted molar refractivity (Wildman–Crippen MR) is 88.4 cm³/mol. The molecule has 1 N–H and O–H groups in total. The molecule has 0 radical (unpaired) electrons. The second-order valence-electron chi connectivity index (χ2n) is 5.97. The molecule has 0 bridgehead atoms. The van der Waals surface area contributed by atoms with E-state index in [1.54, 1.807) is 26.2 Å². The number of benzene rings is 1. The van der Waals surface area contributed by atoms with Gasteiger partial charge in [-0.25, -0.2) is 8.42 Å². The van der Waals surface area contributed by atoms with E-state index in [2.05, 4.69) is 4.72 Å². The number of sulfonamides is 1. The Morgan fingerprint density at radius 2 is 1.91 bits per heavy atom. The summed E-state index contributed by atoms with van der Waals surface area (Å²) in [6, 6.07) is 3.90. The number of hydrogen-bond acceptors (Lipinski definition) is 3. The van der Waals surface area contributed by atoms with Crippen LogP contribution in [0, 0.1) is 12.8 Å². The van der Waals surface area contributed by atoms with Gasteiger partial charge < -0.3 is 4.90 Å². The summed E-state index contributed by atoms with van der Waals surface area (Å²) in [6.45, 7) is 5.69. The molecular formula is C15H23ClN2O3S. The molecule has 0 aliphatic heterocycles. The number of nitrogens with one attached hydrogen (secondary N) is 1. The van der Waals surface area contributed by atoms with E-state index in [9.17, 15) is 13.2 Å². The van der Waals surface area contributed by atoms with E-state index in [1.807, 2.05) is 20.8 Å². The Morgan fingerprint density at radius 3 is 2.36 bits per heavy atom. The Balaban J connectivity index is 3.12. The molecule has 0 spiro atoms. The van der Waals surface area contributed by atoms with Crippen LogP contribution in [0.15, 0.2) is 23.1 Å². The van der Waals surface area contributed by atoms with E-state index >= 15 is 0 Å². The topological polar surface area (TPSA) is 66.5 Å². The summed E-state index contributed by atoms with van der Waals surface area (Å²) in [5, 5.41) is 0.146. The fourth-order valence-corrected chi connectivity index (χ4v) is 3.86. The lowest BCUT2D eigenvalue weighted by atomic mass is 10.0. The fraction of sp³-hybridized carbons (Fsp3) is 0.533. The minimum Gasteiger partial charge on any atom is -0.347 e. The normalized spacial score (nSPS) is 13.2. The lowest BCUT2D eigenvalue weighted by Crippen LogP contribution is -2.46. The largest absolute Gasteiger partial charge is 0.347 e.